The molecule has 0 saturated carbocycles. The monoisotopic (exact) mass is 238 g/mol. The van der Waals surface area contributed by atoms with E-state index < -0.39 is 0 Å². The van der Waals surface area contributed by atoms with Gasteiger partial charge in [-0.15, -0.1) is 24.8 Å². The van der Waals surface area contributed by atoms with Crippen LogP contribution in [0.25, 0.3) is 0 Å². The maximum absolute atomic E-state index is 5.65. The Kier molecular flexibility index (Phi) is 8.49. The number of ether oxygens (including phenoxy) is 1. The molecule has 1 rings (SSSR count). The minimum atomic E-state index is 0. The maximum atomic E-state index is 5.65. The predicted octanol–water partition coefficient (Wildman–Crippen LogP) is 2.48. The highest BCUT2D eigenvalue weighted by Crippen LogP contribution is 2.23. The van der Waals surface area contributed by atoms with Gasteiger partial charge in [0.1, 0.15) is 5.75 Å². The molecule has 1 aromatic rings. The molecule has 0 heterocycles. The molecule has 0 radical (unpaired) electrons. The van der Waals surface area contributed by atoms with Crippen LogP contribution in [-0.4, -0.2) is 6.61 Å². The second-order valence-corrected chi connectivity index (χ2v) is 2.65. The molecule has 0 saturated heterocycles. The fraction of sp³-hybridized carbons (Fsp3) is 0.333. The van der Waals surface area contributed by atoms with Crippen molar-refractivity contribution in [2.24, 2.45) is 0 Å². The van der Waals surface area contributed by atoms with Crippen LogP contribution in [-0.2, 0) is 0 Å². The summed E-state index contributed by atoms with van der Waals surface area (Å²) in [5, 5.41) is 0. The Balaban J connectivity index is 0. The summed E-state index contributed by atoms with van der Waals surface area (Å²) in [5.74, 6) is 0.678. The van der Waals surface area contributed by atoms with Crippen LogP contribution in [0, 0.1) is 0 Å². The lowest BCUT2D eigenvalue weighted by molar-refractivity contribution is 0.319. The number of halogens is 2. The van der Waals surface area contributed by atoms with Gasteiger partial charge in [-0.3, -0.25) is 0 Å². The molecule has 0 aliphatic heterocycles. The Labute approximate surface area is 96.6 Å². The third kappa shape index (κ3) is 4.44. The number of rotatable bonds is 3. The number of anilines is 2. The molecule has 0 aliphatic carbocycles. The molecule has 3 nitrogen and oxygen atoms in total. The van der Waals surface area contributed by atoms with E-state index in [1.807, 2.05) is 6.92 Å². The highest BCUT2D eigenvalue weighted by atomic mass is 35.5. The van der Waals surface area contributed by atoms with Gasteiger partial charge in [0.25, 0.3) is 0 Å². The van der Waals surface area contributed by atoms with Crippen LogP contribution < -0.4 is 16.2 Å². The summed E-state index contributed by atoms with van der Waals surface area (Å²) >= 11 is 0. The first-order valence-corrected chi connectivity index (χ1v) is 4.02. The van der Waals surface area contributed by atoms with Gasteiger partial charge < -0.3 is 16.2 Å². The minimum absolute atomic E-state index is 0. The highest BCUT2D eigenvalue weighted by molar-refractivity contribution is 5.85. The van der Waals surface area contributed by atoms with Crippen LogP contribution >= 0.6 is 24.8 Å². The van der Waals surface area contributed by atoms with Gasteiger partial charge in [-0.25, -0.2) is 0 Å². The summed E-state index contributed by atoms with van der Waals surface area (Å²) < 4.78 is 5.36. The topological polar surface area (TPSA) is 61.3 Å². The zero-order valence-electron chi connectivity index (χ0n) is 8.03. The molecule has 0 atom stereocenters. The standard InChI is InChI=1S/C9H14N2O.2ClH/c1-2-5-12-9-6-7(10)3-4-8(9)11;;/h3-4,6H,2,5,10-11H2,1H3;2*1H. The van der Waals surface area contributed by atoms with Crippen LogP contribution in [0.1, 0.15) is 13.3 Å². The molecule has 0 amide bonds. The smallest absolute Gasteiger partial charge is 0.144 e. The molecule has 0 aliphatic rings. The molecule has 0 spiro atoms. The molecule has 0 bridgehead atoms. The lowest BCUT2D eigenvalue weighted by Crippen LogP contribution is -1.99. The Morgan fingerprint density at radius 1 is 1.21 bits per heavy atom. The van der Waals surface area contributed by atoms with Gasteiger partial charge in [-0.1, -0.05) is 6.92 Å². The first-order chi connectivity index (χ1) is 5.74. The van der Waals surface area contributed by atoms with Crippen molar-refractivity contribution >= 4 is 36.2 Å². The number of benzene rings is 1. The molecule has 0 unspecified atom stereocenters. The van der Waals surface area contributed by atoms with E-state index >= 15 is 0 Å². The van der Waals surface area contributed by atoms with E-state index in [9.17, 15) is 0 Å². The van der Waals surface area contributed by atoms with Gasteiger partial charge in [-0.05, 0) is 18.6 Å². The fourth-order valence-electron chi connectivity index (χ4n) is 0.888. The SMILES string of the molecule is CCCOc1cc(N)ccc1N.Cl.Cl. The van der Waals surface area contributed by atoms with Gasteiger partial charge >= 0.3 is 0 Å². The lowest BCUT2D eigenvalue weighted by atomic mass is 10.2. The van der Waals surface area contributed by atoms with Crippen LogP contribution in [0.5, 0.6) is 5.75 Å². The quantitative estimate of drug-likeness (QED) is 0.796. The van der Waals surface area contributed by atoms with E-state index in [0.29, 0.717) is 23.7 Å². The Morgan fingerprint density at radius 3 is 2.43 bits per heavy atom. The van der Waals surface area contributed by atoms with Crippen molar-refractivity contribution < 1.29 is 4.74 Å². The molecular formula is C9H16Cl2N2O. The van der Waals surface area contributed by atoms with Gasteiger partial charge in [0.2, 0.25) is 0 Å². The summed E-state index contributed by atoms with van der Waals surface area (Å²) in [6.07, 6.45) is 0.967. The van der Waals surface area contributed by atoms with Gasteiger partial charge in [0, 0.05) is 11.8 Å². The van der Waals surface area contributed by atoms with Crippen molar-refractivity contribution in [3.8, 4) is 5.75 Å². The Hall–Kier alpha value is -0.800. The molecule has 4 N–H and O–H groups in total. The first-order valence-electron chi connectivity index (χ1n) is 4.02. The second kappa shape index (κ2) is 7.59. The third-order valence-electron chi connectivity index (χ3n) is 1.50. The van der Waals surface area contributed by atoms with Crippen molar-refractivity contribution in [1.82, 2.24) is 0 Å². The lowest BCUT2D eigenvalue weighted by Gasteiger charge is -2.07. The van der Waals surface area contributed by atoms with Crippen LogP contribution in [0.2, 0.25) is 0 Å². The van der Waals surface area contributed by atoms with Crippen molar-refractivity contribution in [2.45, 2.75) is 13.3 Å². The highest BCUT2D eigenvalue weighted by Gasteiger charge is 1.98. The summed E-state index contributed by atoms with van der Waals surface area (Å²) in [5.41, 5.74) is 12.5. The van der Waals surface area contributed by atoms with E-state index in [4.69, 9.17) is 16.2 Å². The minimum Gasteiger partial charge on any atom is -0.491 e. The Bertz CT molecular complexity index is 269. The molecular weight excluding hydrogens is 223 g/mol. The van der Waals surface area contributed by atoms with Crippen molar-refractivity contribution in [3.63, 3.8) is 0 Å². The average molecular weight is 239 g/mol. The van der Waals surface area contributed by atoms with Crippen molar-refractivity contribution in [2.75, 3.05) is 18.1 Å². The molecule has 14 heavy (non-hydrogen) atoms. The fourth-order valence-corrected chi connectivity index (χ4v) is 0.888. The number of nitrogen functional groups attached to an aromatic ring is 2. The first kappa shape index (κ1) is 15.7. The van der Waals surface area contributed by atoms with Crippen LogP contribution in [0.3, 0.4) is 0 Å². The molecule has 5 heteroatoms. The summed E-state index contributed by atoms with van der Waals surface area (Å²) in [6, 6.07) is 5.25. The van der Waals surface area contributed by atoms with Crippen LogP contribution in [0.4, 0.5) is 11.4 Å². The summed E-state index contributed by atoms with van der Waals surface area (Å²) in [4.78, 5) is 0. The Morgan fingerprint density at radius 2 is 1.86 bits per heavy atom. The van der Waals surface area contributed by atoms with E-state index in [1.165, 1.54) is 0 Å². The summed E-state index contributed by atoms with van der Waals surface area (Å²) in [6.45, 7) is 2.72. The zero-order chi connectivity index (χ0) is 8.97. The summed E-state index contributed by atoms with van der Waals surface area (Å²) in [7, 11) is 0. The second-order valence-electron chi connectivity index (χ2n) is 2.65. The normalized spacial score (nSPS) is 8.36. The largest absolute Gasteiger partial charge is 0.491 e. The number of hydrogen-bond acceptors (Lipinski definition) is 3. The number of nitrogens with two attached hydrogens (primary N) is 2. The van der Waals surface area contributed by atoms with E-state index in [-0.39, 0.29) is 24.8 Å². The van der Waals surface area contributed by atoms with Gasteiger partial charge in [0.15, 0.2) is 0 Å². The molecule has 1 aromatic carbocycles. The third-order valence-corrected chi connectivity index (χ3v) is 1.50. The maximum Gasteiger partial charge on any atom is 0.144 e. The number of hydrogen-bond donors (Lipinski definition) is 2. The van der Waals surface area contributed by atoms with Gasteiger partial charge in [0.05, 0.1) is 12.3 Å². The molecule has 0 fully saturated rings. The van der Waals surface area contributed by atoms with E-state index in [1.54, 1.807) is 18.2 Å². The molecule has 82 valence electrons. The van der Waals surface area contributed by atoms with E-state index in [0.717, 1.165) is 6.42 Å². The average Bonchev–Trinajstić information content (AvgIpc) is 2.07. The van der Waals surface area contributed by atoms with Crippen LogP contribution in [0.15, 0.2) is 18.2 Å². The van der Waals surface area contributed by atoms with Gasteiger partial charge in [-0.2, -0.15) is 0 Å². The predicted molar refractivity (Wildman–Crippen MR) is 65.5 cm³/mol. The van der Waals surface area contributed by atoms with Crippen molar-refractivity contribution in [1.29, 1.82) is 0 Å². The zero-order valence-corrected chi connectivity index (χ0v) is 9.66. The molecule has 0 aromatic heterocycles. The van der Waals surface area contributed by atoms with E-state index in [2.05, 4.69) is 0 Å². The van der Waals surface area contributed by atoms with Crippen molar-refractivity contribution in [3.05, 3.63) is 18.2 Å².